The van der Waals surface area contributed by atoms with Crippen molar-refractivity contribution in [1.82, 2.24) is 15.1 Å². The maximum atomic E-state index is 12.5. The summed E-state index contributed by atoms with van der Waals surface area (Å²) in [5.74, 6) is 0.332. The molecule has 140 valence electrons. The predicted molar refractivity (Wildman–Crippen MR) is 101 cm³/mol. The molecule has 0 unspecified atom stereocenters. The monoisotopic (exact) mass is 366 g/mol. The Morgan fingerprint density at radius 1 is 1.15 bits per heavy atom. The lowest BCUT2D eigenvalue weighted by molar-refractivity contribution is -0.129. The number of nitrogens with one attached hydrogen (secondary N) is 2. The van der Waals surface area contributed by atoms with Crippen LogP contribution >= 0.6 is 0 Å². The van der Waals surface area contributed by atoms with Gasteiger partial charge in [-0.1, -0.05) is 30.3 Å². The van der Waals surface area contributed by atoms with Crippen LogP contribution in [0.2, 0.25) is 0 Å². The Morgan fingerprint density at radius 3 is 2.63 bits per heavy atom. The Balaban J connectivity index is 1.59. The minimum Gasteiger partial charge on any atom is -0.467 e. The molecule has 0 aliphatic carbocycles. The van der Waals surface area contributed by atoms with Gasteiger partial charge in [-0.05, 0) is 31.5 Å². The third-order valence-corrected chi connectivity index (χ3v) is 4.21. The molecule has 0 fully saturated rings. The number of nitrogens with zero attached hydrogens (tertiary/aromatic N) is 2. The molecule has 2 heterocycles. The number of hydrogen-bond acceptors (Lipinski definition) is 4. The van der Waals surface area contributed by atoms with Gasteiger partial charge in [0, 0.05) is 6.20 Å². The topological polar surface area (TPSA) is 89.2 Å². The summed E-state index contributed by atoms with van der Waals surface area (Å²) >= 11 is 0. The number of amides is 2. The van der Waals surface area contributed by atoms with Gasteiger partial charge < -0.3 is 15.1 Å². The maximum absolute atomic E-state index is 12.5. The zero-order valence-electron chi connectivity index (χ0n) is 15.3. The van der Waals surface area contributed by atoms with E-state index in [1.807, 2.05) is 30.3 Å². The summed E-state index contributed by atoms with van der Waals surface area (Å²) < 4.78 is 6.74. The number of benzene rings is 1. The van der Waals surface area contributed by atoms with Crippen LogP contribution in [-0.4, -0.2) is 21.6 Å². The molecular weight excluding hydrogens is 344 g/mol. The number of rotatable bonds is 7. The number of hydrogen-bond donors (Lipinski definition) is 2. The number of carbonyl (C=O) groups is 2. The van der Waals surface area contributed by atoms with E-state index in [1.165, 1.54) is 10.9 Å². The fraction of sp³-hybridized carbons (Fsp3) is 0.250. The van der Waals surface area contributed by atoms with Gasteiger partial charge in [0.05, 0.1) is 31.1 Å². The Hall–Kier alpha value is -3.35. The van der Waals surface area contributed by atoms with E-state index in [2.05, 4.69) is 15.7 Å². The first-order valence-electron chi connectivity index (χ1n) is 8.65. The van der Waals surface area contributed by atoms with Gasteiger partial charge in [0.15, 0.2) is 0 Å². The second kappa shape index (κ2) is 7.90. The summed E-state index contributed by atoms with van der Waals surface area (Å²) in [7, 11) is 0. The Labute approximate surface area is 157 Å². The molecule has 2 amide bonds. The van der Waals surface area contributed by atoms with E-state index in [9.17, 15) is 9.59 Å². The van der Waals surface area contributed by atoms with E-state index in [-0.39, 0.29) is 18.2 Å². The van der Waals surface area contributed by atoms with Crippen LogP contribution in [0.15, 0.2) is 65.5 Å². The molecule has 3 rings (SSSR count). The number of carbonyl (C=O) groups excluding carboxylic acids is 2. The largest absolute Gasteiger partial charge is 0.467 e. The Morgan fingerprint density at radius 2 is 1.93 bits per heavy atom. The van der Waals surface area contributed by atoms with Gasteiger partial charge in [-0.2, -0.15) is 5.10 Å². The lowest BCUT2D eigenvalue weighted by atomic mass is 10.1. The zero-order valence-corrected chi connectivity index (χ0v) is 15.3. The lowest BCUT2D eigenvalue weighted by Crippen LogP contribution is -2.44. The molecule has 1 aromatic carbocycles. The summed E-state index contributed by atoms with van der Waals surface area (Å²) in [6.07, 6.45) is 5.02. The van der Waals surface area contributed by atoms with Crippen LogP contribution < -0.4 is 10.6 Å². The highest BCUT2D eigenvalue weighted by Crippen LogP contribution is 2.18. The van der Waals surface area contributed by atoms with Crippen molar-refractivity contribution in [2.45, 2.75) is 32.4 Å². The summed E-state index contributed by atoms with van der Waals surface area (Å²) in [4.78, 5) is 24.7. The molecule has 2 aromatic heterocycles. The molecule has 27 heavy (non-hydrogen) atoms. The van der Waals surface area contributed by atoms with Crippen molar-refractivity contribution in [3.8, 4) is 0 Å². The van der Waals surface area contributed by atoms with Crippen molar-refractivity contribution in [1.29, 1.82) is 0 Å². The van der Waals surface area contributed by atoms with Crippen molar-refractivity contribution < 1.29 is 14.0 Å². The molecule has 0 aliphatic heterocycles. The second-order valence-electron chi connectivity index (χ2n) is 6.71. The molecule has 3 aromatic rings. The molecule has 0 radical (unpaired) electrons. The molecule has 7 heteroatoms. The van der Waals surface area contributed by atoms with Crippen LogP contribution in [-0.2, 0) is 28.1 Å². The van der Waals surface area contributed by atoms with E-state index >= 15 is 0 Å². The summed E-state index contributed by atoms with van der Waals surface area (Å²) in [6, 6.07) is 13.1. The van der Waals surface area contributed by atoms with Gasteiger partial charge in [0.1, 0.15) is 11.3 Å². The lowest BCUT2D eigenvalue weighted by Gasteiger charge is -2.23. The zero-order chi connectivity index (χ0) is 19.3. The molecule has 0 saturated carbocycles. The van der Waals surface area contributed by atoms with E-state index < -0.39 is 5.54 Å². The summed E-state index contributed by atoms with van der Waals surface area (Å²) in [6.45, 7) is 3.82. The summed E-state index contributed by atoms with van der Waals surface area (Å²) in [5.41, 5.74) is 0.553. The van der Waals surface area contributed by atoms with E-state index in [0.29, 0.717) is 18.0 Å². The van der Waals surface area contributed by atoms with E-state index in [0.717, 1.165) is 5.56 Å². The highest BCUT2D eigenvalue weighted by molar-refractivity contribution is 5.92. The van der Waals surface area contributed by atoms with Crippen molar-refractivity contribution in [2.24, 2.45) is 0 Å². The first kappa shape index (κ1) is 18.4. The van der Waals surface area contributed by atoms with Crippen molar-refractivity contribution in [2.75, 3.05) is 5.32 Å². The average molecular weight is 366 g/mol. The third kappa shape index (κ3) is 4.63. The van der Waals surface area contributed by atoms with Crippen molar-refractivity contribution in [3.05, 3.63) is 72.4 Å². The minimum atomic E-state index is -0.922. The van der Waals surface area contributed by atoms with Gasteiger partial charge >= 0.3 is 0 Å². The average Bonchev–Trinajstić information content (AvgIpc) is 3.32. The SMILES string of the molecule is CC(C)(C(=O)NCc1ccco1)n1cc(NC(=O)Cc2ccccc2)cn1. The Bertz CT molecular complexity index is 898. The number of aromatic nitrogens is 2. The molecular formula is C20H22N4O3. The third-order valence-electron chi connectivity index (χ3n) is 4.21. The molecule has 0 atom stereocenters. The van der Waals surface area contributed by atoms with Crippen LogP contribution in [0.1, 0.15) is 25.2 Å². The second-order valence-corrected chi connectivity index (χ2v) is 6.71. The maximum Gasteiger partial charge on any atom is 0.247 e. The highest BCUT2D eigenvalue weighted by Gasteiger charge is 2.30. The van der Waals surface area contributed by atoms with Crippen LogP contribution in [0.5, 0.6) is 0 Å². The normalized spacial score (nSPS) is 11.2. The number of anilines is 1. The van der Waals surface area contributed by atoms with Gasteiger partial charge in [0.25, 0.3) is 0 Å². The van der Waals surface area contributed by atoms with Gasteiger partial charge in [-0.15, -0.1) is 0 Å². The molecule has 0 aliphatic rings. The quantitative estimate of drug-likeness (QED) is 0.673. The van der Waals surface area contributed by atoms with Gasteiger partial charge in [0.2, 0.25) is 11.8 Å². The Kier molecular flexibility index (Phi) is 5.40. The van der Waals surface area contributed by atoms with Crippen LogP contribution in [0.25, 0.3) is 0 Å². The smallest absolute Gasteiger partial charge is 0.247 e. The standard InChI is InChI=1S/C20H22N4O3/c1-20(2,19(26)21-13-17-9-6-10-27-17)24-14-16(12-22-24)23-18(25)11-15-7-4-3-5-8-15/h3-10,12,14H,11,13H2,1-2H3,(H,21,26)(H,23,25). The molecule has 0 bridgehead atoms. The fourth-order valence-electron chi connectivity index (χ4n) is 2.58. The van der Waals surface area contributed by atoms with Crippen molar-refractivity contribution >= 4 is 17.5 Å². The minimum absolute atomic E-state index is 0.138. The first-order chi connectivity index (χ1) is 12.9. The summed E-state index contributed by atoms with van der Waals surface area (Å²) in [5, 5.41) is 9.86. The van der Waals surface area contributed by atoms with E-state index in [4.69, 9.17) is 4.42 Å². The first-order valence-corrected chi connectivity index (χ1v) is 8.65. The predicted octanol–water partition coefficient (Wildman–Crippen LogP) is 2.71. The van der Waals surface area contributed by atoms with Crippen LogP contribution in [0.4, 0.5) is 5.69 Å². The van der Waals surface area contributed by atoms with Crippen LogP contribution in [0, 0.1) is 0 Å². The molecule has 0 saturated heterocycles. The van der Waals surface area contributed by atoms with Gasteiger partial charge in [-0.25, -0.2) is 0 Å². The van der Waals surface area contributed by atoms with Gasteiger partial charge in [-0.3, -0.25) is 14.3 Å². The van der Waals surface area contributed by atoms with E-state index in [1.54, 1.807) is 38.4 Å². The molecule has 7 nitrogen and oxygen atoms in total. The fourth-order valence-corrected chi connectivity index (χ4v) is 2.58. The highest BCUT2D eigenvalue weighted by atomic mass is 16.3. The molecule has 0 spiro atoms. The van der Waals surface area contributed by atoms with Crippen LogP contribution in [0.3, 0.4) is 0 Å². The molecule has 2 N–H and O–H groups in total. The number of furan rings is 1. The van der Waals surface area contributed by atoms with Crippen molar-refractivity contribution in [3.63, 3.8) is 0 Å².